The average molecular weight is 494 g/mol. The lowest BCUT2D eigenvalue weighted by molar-refractivity contribution is 0.0271. The molecule has 162 valence electrons. The number of halogens is 3. The maximum absolute atomic E-state index is 14.3. The third kappa shape index (κ3) is 3.79. The van der Waals surface area contributed by atoms with Crippen molar-refractivity contribution in [2.75, 3.05) is 25.6 Å². The average Bonchev–Trinajstić information content (AvgIpc) is 3.33. The molecule has 0 aliphatic carbocycles. The van der Waals surface area contributed by atoms with Crippen LogP contribution in [0.25, 0.3) is 10.9 Å². The Balaban J connectivity index is 1.46. The zero-order valence-corrected chi connectivity index (χ0v) is 17.9. The van der Waals surface area contributed by atoms with E-state index in [2.05, 4.69) is 31.2 Å². The fourth-order valence-electron chi connectivity index (χ4n) is 3.82. The van der Waals surface area contributed by atoms with Gasteiger partial charge >= 0.3 is 0 Å². The van der Waals surface area contributed by atoms with Gasteiger partial charge in [0.25, 0.3) is 0 Å². The molecule has 1 N–H and O–H groups in total. The minimum Gasteiger partial charge on any atom is -0.493 e. The van der Waals surface area contributed by atoms with Crippen LogP contribution in [0.5, 0.6) is 11.5 Å². The second kappa shape index (κ2) is 8.18. The lowest BCUT2D eigenvalue weighted by Crippen LogP contribution is -2.33. The molecule has 31 heavy (non-hydrogen) atoms. The Bertz CT molecular complexity index is 1140. The second-order valence-electron chi connectivity index (χ2n) is 7.26. The summed E-state index contributed by atoms with van der Waals surface area (Å²) in [6, 6.07) is 8.12. The maximum atomic E-state index is 14.3. The van der Waals surface area contributed by atoms with Gasteiger partial charge in [0.2, 0.25) is 0 Å². The van der Waals surface area contributed by atoms with E-state index in [4.69, 9.17) is 18.9 Å². The van der Waals surface area contributed by atoms with Crippen LogP contribution < -0.4 is 14.8 Å². The molecule has 0 spiro atoms. The van der Waals surface area contributed by atoms with Gasteiger partial charge in [0.15, 0.2) is 23.8 Å². The van der Waals surface area contributed by atoms with Gasteiger partial charge in [-0.25, -0.2) is 18.7 Å². The predicted octanol–water partition coefficient (Wildman–Crippen LogP) is 4.17. The van der Waals surface area contributed by atoms with Crippen molar-refractivity contribution in [1.82, 2.24) is 9.97 Å². The first-order valence-corrected chi connectivity index (χ1v) is 10.4. The van der Waals surface area contributed by atoms with Gasteiger partial charge in [0, 0.05) is 15.9 Å². The summed E-state index contributed by atoms with van der Waals surface area (Å²) in [4.78, 5) is 8.55. The largest absolute Gasteiger partial charge is 0.493 e. The molecule has 3 aromatic rings. The Morgan fingerprint density at radius 2 is 1.94 bits per heavy atom. The van der Waals surface area contributed by atoms with E-state index in [0.29, 0.717) is 32.7 Å². The standard InChI is InChI=1S/C21H18BrF2N3O4/c1-28-16-5-11-15(6-17(16)31-18-8-30-19-13(24)7-29-20(18)19)25-9-26-21(11)27-14-3-2-10(22)4-12(14)23/h2-6,9,13,18-20H,7-8H2,1H3,(H,25,26,27)/t13-,18-,19+,20?/m1/s1. The van der Waals surface area contributed by atoms with Gasteiger partial charge < -0.3 is 24.3 Å². The monoisotopic (exact) mass is 493 g/mol. The summed E-state index contributed by atoms with van der Waals surface area (Å²) in [5.74, 6) is 0.848. The molecule has 2 aliphatic heterocycles. The zero-order chi connectivity index (χ0) is 21.5. The van der Waals surface area contributed by atoms with E-state index in [9.17, 15) is 8.78 Å². The molecule has 7 nitrogen and oxygen atoms in total. The maximum Gasteiger partial charge on any atom is 0.164 e. The molecule has 10 heteroatoms. The first-order chi connectivity index (χ1) is 15.0. The molecule has 4 atom stereocenters. The molecule has 2 saturated heterocycles. The van der Waals surface area contributed by atoms with Crippen LogP contribution in [0, 0.1) is 5.82 Å². The Morgan fingerprint density at radius 1 is 1.10 bits per heavy atom. The van der Waals surface area contributed by atoms with E-state index >= 15 is 0 Å². The summed E-state index contributed by atoms with van der Waals surface area (Å²) in [6.07, 6.45) is -1.33. The number of nitrogens with one attached hydrogen (secondary N) is 1. The first-order valence-electron chi connectivity index (χ1n) is 9.62. The number of anilines is 2. The topological polar surface area (TPSA) is 74.7 Å². The van der Waals surface area contributed by atoms with Gasteiger partial charge in [-0.3, -0.25) is 0 Å². The molecule has 0 radical (unpaired) electrons. The number of hydrogen-bond acceptors (Lipinski definition) is 7. The Kier molecular flexibility index (Phi) is 5.37. The van der Waals surface area contributed by atoms with Crippen LogP contribution in [0.15, 0.2) is 41.1 Å². The molecule has 0 saturated carbocycles. The minimum atomic E-state index is -1.16. The van der Waals surface area contributed by atoms with Crippen molar-refractivity contribution >= 4 is 38.3 Å². The van der Waals surface area contributed by atoms with Gasteiger partial charge in [-0.1, -0.05) is 15.9 Å². The van der Waals surface area contributed by atoms with Crippen molar-refractivity contribution in [3.8, 4) is 11.5 Å². The molecule has 3 heterocycles. The summed E-state index contributed by atoms with van der Waals surface area (Å²) in [5, 5.41) is 3.62. The van der Waals surface area contributed by atoms with Crippen LogP contribution in [-0.4, -0.2) is 54.8 Å². The summed E-state index contributed by atoms with van der Waals surface area (Å²) in [5.41, 5.74) is 0.841. The molecule has 1 aromatic heterocycles. The van der Waals surface area contributed by atoms with Gasteiger partial charge in [-0.2, -0.15) is 0 Å². The van der Waals surface area contributed by atoms with Gasteiger partial charge in [0.1, 0.15) is 30.2 Å². The van der Waals surface area contributed by atoms with Crippen LogP contribution >= 0.6 is 15.9 Å². The minimum absolute atomic E-state index is 0.00107. The van der Waals surface area contributed by atoms with E-state index in [1.165, 1.54) is 19.5 Å². The lowest BCUT2D eigenvalue weighted by atomic mass is 10.1. The van der Waals surface area contributed by atoms with Gasteiger partial charge in [-0.05, 0) is 24.3 Å². The third-order valence-electron chi connectivity index (χ3n) is 5.33. The highest BCUT2D eigenvalue weighted by Gasteiger charge is 2.49. The number of benzene rings is 2. The van der Waals surface area contributed by atoms with Crippen molar-refractivity contribution < 1.29 is 27.7 Å². The van der Waals surface area contributed by atoms with E-state index in [1.807, 2.05) is 0 Å². The molecule has 1 unspecified atom stereocenters. The number of alkyl halides is 1. The third-order valence-corrected chi connectivity index (χ3v) is 5.82. The van der Waals surface area contributed by atoms with E-state index in [1.54, 1.807) is 24.3 Å². The van der Waals surface area contributed by atoms with Crippen LogP contribution in [0.4, 0.5) is 20.3 Å². The number of aromatic nitrogens is 2. The van der Waals surface area contributed by atoms with Crippen LogP contribution in [0.1, 0.15) is 0 Å². The summed E-state index contributed by atoms with van der Waals surface area (Å²) in [6.45, 7) is 0.218. The second-order valence-corrected chi connectivity index (χ2v) is 8.18. The first kappa shape index (κ1) is 20.3. The zero-order valence-electron chi connectivity index (χ0n) is 16.3. The molecule has 2 aliphatic rings. The quantitative estimate of drug-likeness (QED) is 0.571. The fraction of sp³-hybridized carbons (Fsp3) is 0.333. The van der Waals surface area contributed by atoms with E-state index in [-0.39, 0.29) is 18.9 Å². The fourth-order valence-corrected chi connectivity index (χ4v) is 4.15. The Morgan fingerprint density at radius 3 is 2.74 bits per heavy atom. The van der Waals surface area contributed by atoms with Crippen molar-refractivity contribution in [3.63, 3.8) is 0 Å². The molecule has 0 amide bonds. The van der Waals surface area contributed by atoms with Crippen LogP contribution in [0.3, 0.4) is 0 Å². The number of fused-ring (bicyclic) bond motifs is 2. The highest BCUT2D eigenvalue weighted by Crippen LogP contribution is 2.38. The number of rotatable bonds is 5. The van der Waals surface area contributed by atoms with Gasteiger partial charge in [0.05, 0.1) is 31.5 Å². The number of nitrogens with zero attached hydrogens (tertiary/aromatic N) is 2. The molecule has 2 aromatic carbocycles. The van der Waals surface area contributed by atoms with Crippen molar-refractivity contribution in [2.45, 2.75) is 24.5 Å². The Hall–Kier alpha value is -2.56. The van der Waals surface area contributed by atoms with Crippen molar-refractivity contribution in [2.24, 2.45) is 0 Å². The summed E-state index contributed by atoms with van der Waals surface area (Å²) >= 11 is 3.24. The molecule has 5 rings (SSSR count). The van der Waals surface area contributed by atoms with Crippen LogP contribution in [-0.2, 0) is 9.47 Å². The lowest BCUT2D eigenvalue weighted by Gasteiger charge is -2.20. The highest BCUT2D eigenvalue weighted by atomic mass is 79.9. The van der Waals surface area contributed by atoms with E-state index < -0.39 is 30.3 Å². The highest BCUT2D eigenvalue weighted by molar-refractivity contribution is 9.10. The SMILES string of the molecule is COc1cc2c(Nc3ccc(Br)cc3F)ncnc2cc1O[C@@H]1CO[C@@H]2C1OC[C@H]2F. The number of ether oxygens (including phenoxy) is 4. The molecular weight excluding hydrogens is 476 g/mol. The molecule has 2 fully saturated rings. The number of hydrogen-bond donors (Lipinski definition) is 1. The Labute approximate surface area is 184 Å². The van der Waals surface area contributed by atoms with Crippen molar-refractivity contribution in [3.05, 3.63) is 46.9 Å². The molecule has 0 bridgehead atoms. The smallest absolute Gasteiger partial charge is 0.164 e. The van der Waals surface area contributed by atoms with E-state index in [0.717, 1.165) is 0 Å². The summed E-state index contributed by atoms with van der Waals surface area (Å²) < 4.78 is 51.3. The van der Waals surface area contributed by atoms with Gasteiger partial charge in [-0.15, -0.1) is 0 Å². The van der Waals surface area contributed by atoms with Crippen molar-refractivity contribution in [1.29, 1.82) is 0 Å². The molecular formula is C21H18BrF2N3O4. The summed E-state index contributed by atoms with van der Waals surface area (Å²) in [7, 11) is 1.51. The number of methoxy groups -OCH3 is 1. The normalized spacial score (nSPS) is 24.9. The van der Waals surface area contributed by atoms with Crippen LogP contribution in [0.2, 0.25) is 0 Å². The predicted molar refractivity (Wildman–Crippen MR) is 112 cm³/mol.